The molecule has 0 saturated carbocycles. The molecule has 1 rings (SSSR count). The number of benzene rings is 1. The Labute approximate surface area is 74.4 Å². The number of rotatable bonds is 4. The van der Waals surface area contributed by atoms with E-state index in [1.54, 1.807) is 7.11 Å². The van der Waals surface area contributed by atoms with Crippen LogP contribution in [0, 0.1) is 6.92 Å². The second-order valence-electron chi connectivity index (χ2n) is 2.81. The number of unbranched alkanes of at least 4 members (excludes halogenated alkanes) is 1. The van der Waals surface area contributed by atoms with Crippen LogP contribution in [0.25, 0.3) is 0 Å². The van der Waals surface area contributed by atoms with Gasteiger partial charge in [0.15, 0.2) is 0 Å². The van der Waals surface area contributed by atoms with Crippen molar-refractivity contribution in [1.82, 2.24) is 0 Å². The first-order valence-corrected chi connectivity index (χ1v) is 4.29. The zero-order valence-electron chi connectivity index (χ0n) is 7.55. The lowest BCUT2D eigenvalue weighted by Crippen LogP contribution is -1.86. The summed E-state index contributed by atoms with van der Waals surface area (Å²) in [6.07, 6.45) is 3.28. The maximum absolute atomic E-state index is 5.06. The Morgan fingerprint density at radius 2 is 1.92 bits per heavy atom. The van der Waals surface area contributed by atoms with Gasteiger partial charge in [0.05, 0.1) is 7.11 Å². The van der Waals surface area contributed by atoms with E-state index in [4.69, 9.17) is 4.74 Å². The van der Waals surface area contributed by atoms with Crippen molar-refractivity contribution < 1.29 is 4.74 Å². The Hall–Kier alpha value is -0.980. The summed E-state index contributed by atoms with van der Waals surface area (Å²) in [5.41, 5.74) is 1.36. The quantitative estimate of drug-likeness (QED) is 0.663. The highest BCUT2D eigenvalue weighted by Gasteiger charge is 1.92. The summed E-state index contributed by atoms with van der Waals surface area (Å²) < 4.78 is 5.06. The van der Waals surface area contributed by atoms with Crippen LogP contribution in [0.15, 0.2) is 24.3 Å². The Balaban J connectivity index is 2.53. The molecule has 1 radical (unpaired) electrons. The Morgan fingerprint density at radius 1 is 1.25 bits per heavy atom. The second kappa shape index (κ2) is 4.81. The molecule has 0 heterocycles. The predicted molar refractivity (Wildman–Crippen MR) is 51.3 cm³/mol. The third-order valence-corrected chi connectivity index (χ3v) is 1.87. The smallest absolute Gasteiger partial charge is 0.118 e. The fraction of sp³-hybridized carbons (Fsp3) is 0.364. The van der Waals surface area contributed by atoms with E-state index in [-0.39, 0.29) is 0 Å². The first kappa shape index (κ1) is 9.11. The molecular formula is C11H15O. The number of ether oxygens (including phenoxy) is 1. The summed E-state index contributed by atoms with van der Waals surface area (Å²) in [7, 11) is 1.69. The van der Waals surface area contributed by atoms with Crippen LogP contribution in [0.2, 0.25) is 0 Å². The number of hydrogen-bond donors (Lipinski definition) is 0. The molecule has 1 aromatic carbocycles. The minimum atomic E-state index is 0.924. The molecule has 0 fully saturated rings. The molecule has 0 bridgehead atoms. The van der Waals surface area contributed by atoms with Crippen molar-refractivity contribution in [3.63, 3.8) is 0 Å². The largest absolute Gasteiger partial charge is 0.497 e. The molecule has 0 atom stereocenters. The van der Waals surface area contributed by atoms with Gasteiger partial charge in [0, 0.05) is 0 Å². The topological polar surface area (TPSA) is 9.23 Å². The zero-order chi connectivity index (χ0) is 8.81. The average Bonchev–Trinajstić information content (AvgIpc) is 2.15. The van der Waals surface area contributed by atoms with Crippen molar-refractivity contribution in [2.24, 2.45) is 0 Å². The maximum Gasteiger partial charge on any atom is 0.118 e. The van der Waals surface area contributed by atoms with Crippen molar-refractivity contribution in [1.29, 1.82) is 0 Å². The van der Waals surface area contributed by atoms with Gasteiger partial charge in [0.1, 0.15) is 5.75 Å². The molecule has 0 spiro atoms. The first-order valence-electron chi connectivity index (χ1n) is 4.29. The lowest BCUT2D eigenvalue weighted by molar-refractivity contribution is 0.414. The lowest BCUT2D eigenvalue weighted by atomic mass is 10.1. The number of methoxy groups -OCH3 is 1. The van der Waals surface area contributed by atoms with Crippen LogP contribution >= 0.6 is 0 Å². The van der Waals surface area contributed by atoms with E-state index in [0.717, 1.165) is 25.0 Å². The Kier molecular flexibility index (Phi) is 3.65. The molecule has 1 nitrogen and oxygen atoms in total. The normalized spacial score (nSPS) is 9.83. The van der Waals surface area contributed by atoms with Crippen molar-refractivity contribution in [2.45, 2.75) is 19.3 Å². The summed E-state index contributed by atoms with van der Waals surface area (Å²) in [5.74, 6) is 0.924. The van der Waals surface area contributed by atoms with E-state index in [1.165, 1.54) is 5.56 Å². The fourth-order valence-electron chi connectivity index (χ4n) is 1.12. The molecule has 0 aliphatic heterocycles. The third-order valence-electron chi connectivity index (χ3n) is 1.87. The standard InChI is InChI=1S/C11H15O/c1-3-4-5-10-6-8-11(12-2)9-7-10/h6-9H,1,3-5H2,2H3. The van der Waals surface area contributed by atoms with Crippen LogP contribution in [0.3, 0.4) is 0 Å². The monoisotopic (exact) mass is 163 g/mol. The first-order chi connectivity index (χ1) is 5.86. The predicted octanol–water partition coefficient (Wildman–Crippen LogP) is 2.85. The van der Waals surface area contributed by atoms with E-state index in [1.807, 2.05) is 12.1 Å². The highest BCUT2D eigenvalue weighted by atomic mass is 16.5. The lowest BCUT2D eigenvalue weighted by Gasteiger charge is -2.01. The summed E-state index contributed by atoms with van der Waals surface area (Å²) in [6, 6.07) is 8.21. The van der Waals surface area contributed by atoms with Gasteiger partial charge >= 0.3 is 0 Å². The summed E-state index contributed by atoms with van der Waals surface area (Å²) in [6.45, 7) is 3.81. The molecule has 65 valence electrons. The van der Waals surface area contributed by atoms with E-state index in [2.05, 4.69) is 19.1 Å². The van der Waals surface area contributed by atoms with Gasteiger partial charge in [-0.15, -0.1) is 0 Å². The van der Waals surface area contributed by atoms with Gasteiger partial charge in [-0.25, -0.2) is 0 Å². The fourth-order valence-corrected chi connectivity index (χ4v) is 1.12. The van der Waals surface area contributed by atoms with Crippen molar-refractivity contribution in [2.75, 3.05) is 7.11 Å². The van der Waals surface area contributed by atoms with E-state index >= 15 is 0 Å². The van der Waals surface area contributed by atoms with Crippen LogP contribution in [0.4, 0.5) is 0 Å². The van der Waals surface area contributed by atoms with Gasteiger partial charge < -0.3 is 4.74 Å². The summed E-state index contributed by atoms with van der Waals surface area (Å²) in [4.78, 5) is 0. The van der Waals surface area contributed by atoms with Crippen molar-refractivity contribution in [3.8, 4) is 5.75 Å². The molecule has 1 aromatic rings. The van der Waals surface area contributed by atoms with E-state index in [9.17, 15) is 0 Å². The minimum Gasteiger partial charge on any atom is -0.497 e. The molecule has 0 saturated heterocycles. The minimum absolute atomic E-state index is 0.924. The van der Waals surface area contributed by atoms with Gasteiger partial charge in [-0.3, -0.25) is 0 Å². The average molecular weight is 163 g/mol. The van der Waals surface area contributed by atoms with Crippen LogP contribution in [-0.4, -0.2) is 7.11 Å². The zero-order valence-corrected chi connectivity index (χ0v) is 7.55. The van der Waals surface area contributed by atoms with Crippen LogP contribution < -0.4 is 4.74 Å². The van der Waals surface area contributed by atoms with Gasteiger partial charge in [0.2, 0.25) is 0 Å². The highest BCUT2D eigenvalue weighted by molar-refractivity contribution is 5.27. The van der Waals surface area contributed by atoms with Crippen molar-refractivity contribution >= 4 is 0 Å². The van der Waals surface area contributed by atoms with Gasteiger partial charge in [-0.2, -0.15) is 0 Å². The SMILES string of the molecule is [CH2]CCCc1ccc(OC)cc1. The third kappa shape index (κ3) is 2.57. The number of hydrogen-bond acceptors (Lipinski definition) is 1. The van der Waals surface area contributed by atoms with Gasteiger partial charge in [-0.05, 0) is 30.5 Å². The Morgan fingerprint density at radius 3 is 2.42 bits per heavy atom. The highest BCUT2D eigenvalue weighted by Crippen LogP contribution is 2.12. The molecule has 0 aromatic heterocycles. The molecule has 0 amide bonds. The molecule has 0 unspecified atom stereocenters. The number of aryl methyl sites for hydroxylation is 1. The second-order valence-corrected chi connectivity index (χ2v) is 2.81. The Bertz CT molecular complexity index is 213. The maximum atomic E-state index is 5.06. The molecule has 0 N–H and O–H groups in total. The van der Waals surface area contributed by atoms with Crippen LogP contribution in [0.1, 0.15) is 18.4 Å². The summed E-state index contributed by atoms with van der Waals surface area (Å²) >= 11 is 0. The van der Waals surface area contributed by atoms with Crippen LogP contribution in [0.5, 0.6) is 5.75 Å². The molecular weight excluding hydrogens is 148 g/mol. The van der Waals surface area contributed by atoms with Gasteiger partial charge in [0.25, 0.3) is 0 Å². The van der Waals surface area contributed by atoms with Crippen LogP contribution in [-0.2, 0) is 6.42 Å². The van der Waals surface area contributed by atoms with Crippen molar-refractivity contribution in [3.05, 3.63) is 36.8 Å². The molecule has 1 heteroatoms. The van der Waals surface area contributed by atoms with E-state index < -0.39 is 0 Å². The van der Waals surface area contributed by atoms with Gasteiger partial charge in [-0.1, -0.05) is 25.5 Å². The molecule has 0 aliphatic rings. The molecule has 0 aliphatic carbocycles. The molecule has 12 heavy (non-hydrogen) atoms. The van der Waals surface area contributed by atoms with E-state index in [0.29, 0.717) is 0 Å². The summed E-state index contributed by atoms with van der Waals surface area (Å²) in [5, 5.41) is 0.